The van der Waals surface area contributed by atoms with Crippen molar-refractivity contribution in [3.63, 3.8) is 0 Å². The average Bonchev–Trinajstić information content (AvgIpc) is 2.49. The fourth-order valence-electron chi connectivity index (χ4n) is 2.57. The molecule has 2 aromatic carbocycles. The van der Waals surface area contributed by atoms with E-state index in [9.17, 15) is 13.9 Å². The van der Waals surface area contributed by atoms with Crippen LogP contribution >= 0.6 is 0 Å². The van der Waals surface area contributed by atoms with E-state index in [4.69, 9.17) is 5.73 Å². The Morgan fingerprint density at radius 3 is 2.48 bits per heavy atom. The van der Waals surface area contributed by atoms with Crippen molar-refractivity contribution < 1.29 is 13.9 Å². The molecule has 0 amide bonds. The van der Waals surface area contributed by atoms with E-state index >= 15 is 0 Å². The van der Waals surface area contributed by atoms with E-state index in [0.29, 0.717) is 5.56 Å². The molecule has 4 heteroatoms. The minimum atomic E-state index is -0.954. The Balaban J connectivity index is 2.48. The molecule has 0 radical (unpaired) electrons. The van der Waals surface area contributed by atoms with Gasteiger partial charge >= 0.3 is 0 Å². The number of aliphatic hydroxyl groups excluding tert-OH is 1. The zero-order valence-corrected chi connectivity index (χ0v) is 11.9. The second-order valence-electron chi connectivity index (χ2n) is 5.37. The number of hydrogen-bond donors (Lipinski definition) is 2. The minimum Gasteiger partial charge on any atom is -0.395 e. The zero-order chi connectivity index (χ0) is 15.5. The molecule has 112 valence electrons. The molecule has 0 saturated heterocycles. The SMILES string of the molecule is Cc1ccc(F)cc1CC(CN)(CO)c1ccccc1F. The van der Waals surface area contributed by atoms with Gasteiger partial charge in [0, 0.05) is 12.0 Å². The number of rotatable bonds is 5. The van der Waals surface area contributed by atoms with E-state index in [1.54, 1.807) is 24.3 Å². The summed E-state index contributed by atoms with van der Waals surface area (Å²) in [7, 11) is 0. The molecule has 0 saturated carbocycles. The van der Waals surface area contributed by atoms with E-state index in [1.165, 1.54) is 18.2 Å². The summed E-state index contributed by atoms with van der Waals surface area (Å²) in [5, 5.41) is 9.84. The number of benzene rings is 2. The summed E-state index contributed by atoms with van der Waals surface area (Å²) < 4.78 is 27.5. The van der Waals surface area contributed by atoms with Crippen molar-refractivity contribution >= 4 is 0 Å². The quantitative estimate of drug-likeness (QED) is 0.889. The molecule has 1 unspecified atom stereocenters. The van der Waals surface area contributed by atoms with Gasteiger partial charge in [-0.2, -0.15) is 0 Å². The molecule has 2 aromatic rings. The largest absolute Gasteiger partial charge is 0.395 e. The van der Waals surface area contributed by atoms with Gasteiger partial charge < -0.3 is 10.8 Å². The molecule has 0 aliphatic carbocycles. The Bertz CT molecular complexity index is 624. The van der Waals surface area contributed by atoms with Crippen LogP contribution in [0.2, 0.25) is 0 Å². The van der Waals surface area contributed by atoms with Crippen molar-refractivity contribution in [1.82, 2.24) is 0 Å². The first-order valence-corrected chi connectivity index (χ1v) is 6.83. The second kappa shape index (κ2) is 6.33. The average molecular weight is 291 g/mol. The molecular weight excluding hydrogens is 272 g/mol. The van der Waals surface area contributed by atoms with Crippen LogP contribution < -0.4 is 5.73 Å². The van der Waals surface area contributed by atoms with E-state index in [-0.39, 0.29) is 25.4 Å². The maximum absolute atomic E-state index is 14.1. The van der Waals surface area contributed by atoms with Crippen LogP contribution in [0, 0.1) is 18.6 Å². The van der Waals surface area contributed by atoms with Crippen LogP contribution in [0.5, 0.6) is 0 Å². The molecule has 0 heterocycles. The van der Waals surface area contributed by atoms with Gasteiger partial charge in [0.1, 0.15) is 11.6 Å². The van der Waals surface area contributed by atoms with Crippen molar-refractivity contribution in [3.05, 3.63) is 70.8 Å². The Kier molecular flexibility index (Phi) is 4.70. The van der Waals surface area contributed by atoms with E-state index in [2.05, 4.69) is 0 Å². The Labute approximate surface area is 123 Å². The lowest BCUT2D eigenvalue weighted by Gasteiger charge is -2.32. The van der Waals surface area contributed by atoms with Crippen LogP contribution in [-0.4, -0.2) is 18.3 Å². The van der Waals surface area contributed by atoms with Crippen LogP contribution in [0.4, 0.5) is 8.78 Å². The van der Waals surface area contributed by atoms with Gasteiger partial charge in [-0.25, -0.2) is 8.78 Å². The third-order valence-electron chi connectivity index (χ3n) is 3.98. The summed E-state index contributed by atoms with van der Waals surface area (Å²) in [5.74, 6) is -0.765. The molecule has 1 atom stereocenters. The molecule has 3 N–H and O–H groups in total. The first-order chi connectivity index (χ1) is 10.0. The fraction of sp³-hybridized carbons (Fsp3) is 0.294. The maximum atomic E-state index is 14.1. The third kappa shape index (κ3) is 3.12. The summed E-state index contributed by atoms with van der Waals surface area (Å²) in [5.41, 5.74) is 6.85. The number of aliphatic hydroxyl groups is 1. The highest BCUT2D eigenvalue weighted by molar-refractivity contribution is 5.35. The van der Waals surface area contributed by atoms with Crippen molar-refractivity contribution in [2.24, 2.45) is 5.73 Å². The molecule has 0 aliphatic rings. The van der Waals surface area contributed by atoms with Crippen molar-refractivity contribution in [3.8, 4) is 0 Å². The van der Waals surface area contributed by atoms with Gasteiger partial charge in [-0.15, -0.1) is 0 Å². The van der Waals surface area contributed by atoms with Gasteiger partial charge in [-0.3, -0.25) is 0 Å². The summed E-state index contributed by atoms with van der Waals surface area (Å²) in [6.45, 7) is 1.62. The first kappa shape index (κ1) is 15.6. The summed E-state index contributed by atoms with van der Waals surface area (Å²) in [4.78, 5) is 0. The maximum Gasteiger partial charge on any atom is 0.127 e. The Morgan fingerprint density at radius 1 is 1.14 bits per heavy atom. The highest BCUT2D eigenvalue weighted by Crippen LogP contribution is 2.30. The fourth-order valence-corrected chi connectivity index (χ4v) is 2.57. The first-order valence-electron chi connectivity index (χ1n) is 6.83. The predicted octanol–water partition coefficient (Wildman–Crippen LogP) is 2.70. The van der Waals surface area contributed by atoms with Gasteiger partial charge in [-0.05, 0) is 48.2 Å². The number of halogens is 2. The molecule has 0 aromatic heterocycles. The smallest absolute Gasteiger partial charge is 0.127 e. The lowest BCUT2D eigenvalue weighted by molar-refractivity contribution is 0.192. The van der Waals surface area contributed by atoms with Crippen LogP contribution in [0.3, 0.4) is 0 Å². The Morgan fingerprint density at radius 2 is 1.86 bits per heavy atom. The van der Waals surface area contributed by atoms with Crippen LogP contribution in [0.15, 0.2) is 42.5 Å². The zero-order valence-electron chi connectivity index (χ0n) is 11.9. The monoisotopic (exact) mass is 291 g/mol. The Hall–Kier alpha value is -1.78. The molecule has 21 heavy (non-hydrogen) atoms. The molecule has 0 spiro atoms. The van der Waals surface area contributed by atoms with Gasteiger partial charge in [0.25, 0.3) is 0 Å². The van der Waals surface area contributed by atoms with Crippen LogP contribution in [-0.2, 0) is 11.8 Å². The standard InChI is InChI=1S/C17H19F2NO/c1-12-6-7-14(18)8-13(12)9-17(10-20,11-21)15-4-2-3-5-16(15)19/h2-8,21H,9-11,20H2,1H3. The summed E-state index contributed by atoms with van der Waals surface area (Å²) in [6, 6.07) is 10.7. The van der Waals surface area contributed by atoms with Crippen LogP contribution in [0.1, 0.15) is 16.7 Å². The van der Waals surface area contributed by atoms with Gasteiger partial charge in [0.15, 0.2) is 0 Å². The lowest BCUT2D eigenvalue weighted by Crippen LogP contribution is -2.42. The van der Waals surface area contributed by atoms with Crippen molar-refractivity contribution in [2.45, 2.75) is 18.8 Å². The van der Waals surface area contributed by atoms with E-state index in [0.717, 1.165) is 11.1 Å². The summed E-state index contributed by atoms with van der Waals surface area (Å²) in [6.07, 6.45) is 0.282. The van der Waals surface area contributed by atoms with E-state index in [1.807, 2.05) is 6.92 Å². The topological polar surface area (TPSA) is 46.2 Å². The van der Waals surface area contributed by atoms with Crippen molar-refractivity contribution in [1.29, 1.82) is 0 Å². The third-order valence-corrected chi connectivity index (χ3v) is 3.98. The highest BCUT2D eigenvalue weighted by Gasteiger charge is 2.33. The van der Waals surface area contributed by atoms with Gasteiger partial charge in [-0.1, -0.05) is 24.3 Å². The van der Waals surface area contributed by atoms with Crippen molar-refractivity contribution in [2.75, 3.05) is 13.2 Å². The highest BCUT2D eigenvalue weighted by atomic mass is 19.1. The predicted molar refractivity (Wildman–Crippen MR) is 79.1 cm³/mol. The van der Waals surface area contributed by atoms with Crippen LogP contribution in [0.25, 0.3) is 0 Å². The molecule has 2 nitrogen and oxygen atoms in total. The number of nitrogens with two attached hydrogens (primary N) is 1. The van der Waals surface area contributed by atoms with Gasteiger partial charge in [0.05, 0.1) is 6.61 Å². The lowest BCUT2D eigenvalue weighted by atomic mass is 9.75. The number of hydrogen-bond acceptors (Lipinski definition) is 2. The second-order valence-corrected chi connectivity index (χ2v) is 5.37. The number of aryl methyl sites for hydroxylation is 1. The molecule has 0 fully saturated rings. The van der Waals surface area contributed by atoms with Gasteiger partial charge in [0.2, 0.25) is 0 Å². The molecule has 0 bridgehead atoms. The normalized spacial score (nSPS) is 14.0. The molecule has 2 rings (SSSR count). The van der Waals surface area contributed by atoms with E-state index < -0.39 is 11.2 Å². The molecule has 0 aliphatic heterocycles. The molecular formula is C17H19F2NO. The summed E-state index contributed by atoms with van der Waals surface area (Å²) >= 11 is 0. The minimum absolute atomic E-state index is 0.0698.